The van der Waals surface area contributed by atoms with Gasteiger partial charge in [0, 0.05) is 0 Å². The lowest BCUT2D eigenvalue weighted by atomic mass is 9.85. The number of carboxylic acid groups (broad SMARTS) is 1. The molecule has 1 rings (SSSR count). The second-order valence-electron chi connectivity index (χ2n) is 4.73. The Morgan fingerprint density at radius 2 is 1.93 bits per heavy atom. The predicted octanol–water partition coefficient (Wildman–Crippen LogP) is 2.54. The van der Waals surface area contributed by atoms with Crippen molar-refractivity contribution in [3.8, 4) is 0 Å². The second-order valence-corrected chi connectivity index (χ2v) is 4.73. The van der Waals surface area contributed by atoms with Crippen LogP contribution in [0.25, 0.3) is 0 Å². The molecule has 3 nitrogen and oxygen atoms in total. The summed E-state index contributed by atoms with van der Waals surface area (Å²) in [5.41, 5.74) is 5.44. The lowest BCUT2D eigenvalue weighted by Crippen LogP contribution is -2.29. The van der Waals surface area contributed by atoms with Crippen LogP contribution in [0.4, 0.5) is 0 Å². The standard InChI is InChI=1S/C12H23NO2/c13-11(12(14)15)9-5-4-8-10-6-2-1-3-7-10/h10-11H,1-9,13H2,(H,14,15)/t11-/m1/s1. The number of unbranched alkanes of at least 4 members (excludes halogenated alkanes) is 1. The van der Waals surface area contributed by atoms with E-state index in [1.54, 1.807) is 0 Å². The number of hydrogen-bond donors (Lipinski definition) is 2. The molecule has 0 unspecified atom stereocenters. The van der Waals surface area contributed by atoms with Gasteiger partial charge in [0.1, 0.15) is 6.04 Å². The Kier molecular flexibility index (Phi) is 5.69. The Morgan fingerprint density at radius 1 is 1.27 bits per heavy atom. The molecule has 15 heavy (non-hydrogen) atoms. The van der Waals surface area contributed by atoms with Crippen molar-refractivity contribution in [2.24, 2.45) is 11.7 Å². The largest absolute Gasteiger partial charge is 0.480 e. The van der Waals surface area contributed by atoms with Crippen molar-refractivity contribution < 1.29 is 9.90 Å². The maximum Gasteiger partial charge on any atom is 0.320 e. The molecule has 0 spiro atoms. The molecule has 1 fully saturated rings. The molecular weight excluding hydrogens is 190 g/mol. The first-order chi connectivity index (χ1) is 7.20. The molecule has 88 valence electrons. The SMILES string of the molecule is N[C@H](CCCCC1CCCCC1)C(=O)O. The van der Waals surface area contributed by atoms with E-state index >= 15 is 0 Å². The summed E-state index contributed by atoms with van der Waals surface area (Å²) in [5, 5.41) is 8.61. The minimum Gasteiger partial charge on any atom is -0.480 e. The summed E-state index contributed by atoms with van der Waals surface area (Å²) >= 11 is 0. The molecule has 0 amide bonds. The fourth-order valence-electron chi connectivity index (χ4n) is 2.40. The molecule has 1 atom stereocenters. The Balaban J connectivity index is 1.98. The van der Waals surface area contributed by atoms with E-state index in [9.17, 15) is 4.79 Å². The van der Waals surface area contributed by atoms with Gasteiger partial charge in [-0.25, -0.2) is 0 Å². The summed E-state index contributed by atoms with van der Waals surface area (Å²) in [4.78, 5) is 10.5. The number of hydrogen-bond acceptors (Lipinski definition) is 2. The minimum absolute atomic E-state index is 0.627. The first-order valence-electron chi connectivity index (χ1n) is 6.18. The zero-order valence-electron chi connectivity index (χ0n) is 9.45. The highest BCUT2D eigenvalue weighted by molar-refractivity contribution is 5.72. The molecule has 1 aliphatic carbocycles. The number of carbonyl (C=O) groups is 1. The van der Waals surface area contributed by atoms with Crippen LogP contribution >= 0.6 is 0 Å². The van der Waals surface area contributed by atoms with Crippen molar-refractivity contribution >= 4 is 5.97 Å². The molecule has 1 aliphatic rings. The number of aliphatic carboxylic acids is 1. The molecule has 0 saturated heterocycles. The van der Waals surface area contributed by atoms with Crippen LogP contribution in [0.3, 0.4) is 0 Å². The summed E-state index contributed by atoms with van der Waals surface area (Å²) in [6, 6.07) is -0.656. The van der Waals surface area contributed by atoms with E-state index in [4.69, 9.17) is 10.8 Å². The van der Waals surface area contributed by atoms with Crippen molar-refractivity contribution in [2.45, 2.75) is 63.8 Å². The molecule has 3 heteroatoms. The van der Waals surface area contributed by atoms with Gasteiger partial charge in [0.2, 0.25) is 0 Å². The number of nitrogens with two attached hydrogens (primary N) is 1. The van der Waals surface area contributed by atoms with Gasteiger partial charge in [-0.1, -0.05) is 51.4 Å². The zero-order valence-corrected chi connectivity index (χ0v) is 9.45. The summed E-state index contributed by atoms with van der Waals surface area (Å²) in [7, 11) is 0. The van der Waals surface area contributed by atoms with Crippen LogP contribution in [0.2, 0.25) is 0 Å². The highest BCUT2D eigenvalue weighted by Crippen LogP contribution is 2.27. The summed E-state index contributed by atoms with van der Waals surface area (Å²) in [6.07, 6.45) is 10.9. The third-order valence-corrected chi connectivity index (χ3v) is 3.42. The Bertz CT molecular complexity index is 188. The second kappa shape index (κ2) is 6.83. The van der Waals surface area contributed by atoms with Gasteiger partial charge in [0.05, 0.1) is 0 Å². The van der Waals surface area contributed by atoms with Gasteiger partial charge in [0.25, 0.3) is 0 Å². The van der Waals surface area contributed by atoms with Crippen LogP contribution in [-0.4, -0.2) is 17.1 Å². The molecule has 0 heterocycles. The van der Waals surface area contributed by atoms with Crippen LogP contribution in [-0.2, 0) is 4.79 Å². The van der Waals surface area contributed by atoms with Gasteiger partial charge in [0.15, 0.2) is 0 Å². The maximum absolute atomic E-state index is 10.5. The Hall–Kier alpha value is -0.570. The molecule has 0 aliphatic heterocycles. The normalized spacial score (nSPS) is 20.1. The predicted molar refractivity (Wildman–Crippen MR) is 60.7 cm³/mol. The van der Waals surface area contributed by atoms with E-state index in [1.807, 2.05) is 0 Å². The van der Waals surface area contributed by atoms with Crippen LogP contribution in [0, 0.1) is 5.92 Å². The monoisotopic (exact) mass is 213 g/mol. The molecule has 1 saturated carbocycles. The zero-order chi connectivity index (χ0) is 11.1. The average Bonchev–Trinajstić information content (AvgIpc) is 2.25. The molecular formula is C12H23NO2. The fourth-order valence-corrected chi connectivity index (χ4v) is 2.40. The molecule has 3 N–H and O–H groups in total. The van der Waals surface area contributed by atoms with Gasteiger partial charge in [-0.3, -0.25) is 4.79 Å². The van der Waals surface area contributed by atoms with E-state index < -0.39 is 12.0 Å². The highest BCUT2D eigenvalue weighted by Gasteiger charge is 2.14. The van der Waals surface area contributed by atoms with Gasteiger partial charge in [-0.15, -0.1) is 0 Å². The van der Waals surface area contributed by atoms with E-state index in [1.165, 1.54) is 38.5 Å². The minimum atomic E-state index is -0.868. The first-order valence-corrected chi connectivity index (χ1v) is 6.18. The fraction of sp³-hybridized carbons (Fsp3) is 0.917. The van der Waals surface area contributed by atoms with E-state index in [2.05, 4.69) is 0 Å². The smallest absolute Gasteiger partial charge is 0.320 e. The van der Waals surface area contributed by atoms with Crippen molar-refractivity contribution in [3.05, 3.63) is 0 Å². The average molecular weight is 213 g/mol. The molecule has 0 aromatic carbocycles. The van der Waals surface area contributed by atoms with Crippen LogP contribution in [0.1, 0.15) is 57.8 Å². The van der Waals surface area contributed by atoms with E-state index in [0.29, 0.717) is 6.42 Å². The van der Waals surface area contributed by atoms with Gasteiger partial charge in [-0.2, -0.15) is 0 Å². The van der Waals surface area contributed by atoms with Gasteiger partial charge in [-0.05, 0) is 12.3 Å². The summed E-state index contributed by atoms with van der Waals surface area (Å²) < 4.78 is 0. The third kappa shape index (κ3) is 5.17. The lowest BCUT2D eigenvalue weighted by molar-refractivity contribution is -0.138. The van der Waals surface area contributed by atoms with E-state index in [0.717, 1.165) is 18.8 Å². The molecule has 0 bridgehead atoms. The van der Waals surface area contributed by atoms with Gasteiger partial charge < -0.3 is 10.8 Å². The number of carboxylic acids is 1. The van der Waals surface area contributed by atoms with Crippen LogP contribution in [0.15, 0.2) is 0 Å². The van der Waals surface area contributed by atoms with Crippen molar-refractivity contribution in [3.63, 3.8) is 0 Å². The van der Waals surface area contributed by atoms with E-state index in [-0.39, 0.29) is 0 Å². The Morgan fingerprint density at radius 3 is 2.53 bits per heavy atom. The molecule has 0 aromatic rings. The molecule has 0 aromatic heterocycles. The van der Waals surface area contributed by atoms with Crippen molar-refractivity contribution in [1.29, 1.82) is 0 Å². The quantitative estimate of drug-likeness (QED) is 0.666. The first kappa shape index (κ1) is 12.5. The van der Waals surface area contributed by atoms with Crippen molar-refractivity contribution in [1.82, 2.24) is 0 Å². The summed E-state index contributed by atoms with van der Waals surface area (Å²) in [5.74, 6) is 0.0347. The van der Waals surface area contributed by atoms with Crippen molar-refractivity contribution in [2.75, 3.05) is 0 Å². The molecule has 0 radical (unpaired) electrons. The summed E-state index contributed by atoms with van der Waals surface area (Å²) in [6.45, 7) is 0. The van der Waals surface area contributed by atoms with Gasteiger partial charge >= 0.3 is 5.97 Å². The topological polar surface area (TPSA) is 63.3 Å². The highest BCUT2D eigenvalue weighted by atomic mass is 16.4. The maximum atomic E-state index is 10.5. The van der Waals surface area contributed by atoms with Crippen LogP contribution < -0.4 is 5.73 Å². The number of rotatable bonds is 6. The lowest BCUT2D eigenvalue weighted by Gasteiger charge is -2.21. The third-order valence-electron chi connectivity index (χ3n) is 3.42. The Labute approximate surface area is 92.0 Å². The van der Waals surface area contributed by atoms with Crippen LogP contribution in [0.5, 0.6) is 0 Å².